The van der Waals surface area contributed by atoms with Crippen molar-refractivity contribution in [3.63, 3.8) is 0 Å². The highest BCUT2D eigenvalue weighted by Gasteiger charge is 2.28. The topological polar surface area (TPSA) is 54.2 Å². The number of anilines is 1. The molecule has 3 saturated heterocycles. The Morgan fingerprint density at radius 1 is 1.00 bits per heavy atom. The average molecular weight is 400 g/mol. The molecule has 0 aliphatic carbocycles. The van der Waals surface area contributed by atoms with Crippen LogP contribution in [0.5, 0.6) is 0 Å². The van der Waals surface area contributed by atoms with E-state index in [0.29, 0.717) is 12.8 Å². The highest BCUT2D eigenvalue weighted by molar-refractivity contribution is 5.80. The average Bonchev–Trinajstić information content (AvgIpc) is 3.04. The Morgan fingerprint density at radius 2 is 1.76 bits per heavy atom. The molecule has 2 N–H and O–H groups in total. The number of hydrogen-bond acceptors (Lipinski definition) is 4. The Labute approximate surface area is 176 Å². The summed E-state index contributed by atoms with van der Waals surface area (Å²) >= 11 is 0. The SMILES string of the molecule is [2H]C1CCC(n2c(=O)n(C)c3cc(N4CCC(C5CCNCC5)CC4)ccc32)C([2H])N1. The molecule has 158 valence electrons. The zero-order valence-corrected chi connectivity index (χ0v) is 17.4. The lowest BCUT2D eigenvalue weighted by Gasteiger charge is -2.38. The lowest BCUT2D eigenvalue weighted by Crippen LogP contribution is -2.39. The normalized spacial score (nSPS) is 31.1. The maximum Gasteiger partial charge on any atom is 0.329 e. The van der Waals surface area contributed by atoms with Crippen LogP contribution in [0.3, 0.4) is 0 Å². The van der Waals surface area contributed by atoms with Gasteiger partial charge >= 0.3 is 5.69 Å². The number of piperidine rings is 3. The molecule has 6 heteroatoms. The molecule has 1 aromatic heterocycles. The van der Waals surface area contributed by atoms with Gasteiger partial charge in [0.15, 0.2) is 0 Å². The van der Waals surface area contributed by atoms with Gasteiger partial charge in [-0.2, -0.15) is 0 Å². The summed E-state index contributed by atoms with van der Waals surface area (Å²) in [7, 11) is 1.83. The van der Waals surface area contributed by atoms with Gasteiger partial charge in [-0.25, -0.2) is 4.79 Å². The van der Waals surface area contributed by atoms with Gasteiger partial charge in [-0.05, 0) is 88.2 Å². The van der Waals surface area contributed by atoms with E-state index in [0.717, 1.165) is 36.0 Å². The lowest BCUT2D eigenvalue weighted by atomic mass is 9.79. The molecule has 3 aliphatic rings. The molecule has 0 bridgehead atoms. The van der Waals surface area contributed by atoms with Crippen LogP contribution in [-0.4, -0.2) is 48.4 Å². The number of nitrogens with one attached hydrogen (secondary N) is 2. The van der Waals surface area contributed by atoms with E-state index < -0.39 is 13.0 Å². The molecule has 0 amide bonds. The van der Waals surface area contributed by atoms with Crippen LogP contribution >= 0.6 is 0 Å². The van der Waals surface area contributed by atoms with E-state index in [4.69, 9.17) is 2.74 Å². The standard InChI is InChI=1S/C23H35N5O/c1-26-22-15-19(27-13-8-18(9-14-27)17-6-11-24-12-7-17)4-5-21(22)28(23(26)29)20-3-2-10-25-16-20/h4-5,15,17-18,20,24-25H,2-3,6-14,16H2,1H3/i10D,16D. The van der Waals surface area contributed by atoms with Crippen LogP contribution in [0.1, 0.15) is 47.3 Å². The molecule has 3 unspecified atom stereocenters. The molecule has 0 radical (unpaired) electrons. The Hall–Kier alpha value is -1.79. The molecule has 0 saturated carbocycles. The maximum atomic E-state index is 13.1. The maximum absolute atomic E-state index is 13.1. The van der Waals surface area contributed by atoms with Gasteiger partial charge in [0.25, 0.3) is 0 Å². The first kappa shape index (κ1) is 16.9. The van der Waals surface area contributed by atoms with Crippen LogP contribution in [0.15, 0.2) is 23.0 Å². The van der Waals surface area contributed by atoms with Crippen molar-refractivity contribution in [2.24, 2.45) is 18.9 Å². The third kappa shape index (κ3) is 3.61. The van der Waals surface area contributed by atoms with Crippen molar-refractivity contribution in [3.05, 3.63) is 28.7 Å². The van der Waals surface area contributed by atoms with Crippen LogP contribution < -0.4 is 21.2 Å². The van der Waals surface area contributed by atoms with Crippen LogP contribution in [0, 0.1) is 11.8 Å². The number of aryl methyl sites for hydroxylation is 1. The lowest BCUT2D eigenvalue weighted by molar-refractivity contribution is 0.222. The zero-order chi connectivity index (χ0) is 21.5. The summed E-state index contributed by atoms with van der Waals surface area (Å²) in [5.74, 6) is 1.73. The highest BCUT2D eigenvalue weighted by atomic mass is 16.1. The van der Waals surface area contributed by atoms with Crippen molar-refractivity contribution in [2.75, 3.05) is 44.1 Å². The highest BCUT2D eigenvalue weighted by Crippen LogP contribution is 2.33. The summed E-state index contributed by atoms with van der Waals surface area (Å²) in [6, 6.07) is 6.13. The first-order chi connectivity index (χ1) is 15.0. The number of aromatic nitrogens is 2. The summed E-state index contributed by atoms with van der Waals surface area (Å²) in [5.41, 5.74) is 2.96. The first-order valence-electron chi connectivity index (χ1n) is 12.5. The summed E-state index contributed by atoms with van der Waals surface area (Å²) < 4.78 is 19.7. The fourth-order valence-corrected chi connectivity index (χ4v) is 5.62. The van der Waals surface area contributed by atoms with Gasteiger partial charge in [0, 0.05) is 35.1 Å². The van der Waals surface area contributed by atoms with Crippen molar-refractivity contribution in [1.29, 1.82) is 0 Å². The number of benzene rings is 1. The minimum absolute atomic E-state index is 0.0655. The van der Waals surface area contributed by atoms with E-state index in [1.54, 1.807) is 9.13 Å². The summed E-state index contributed by atoms with van der Waals surface area (Å²) in [4.78, 5) is 15.5. The van der Waals surface area contributed by atoms with E-state index >= 15 is 0 Å². The van der Waals surface area contributed by atoms with Crippen LogP contribution in [0.4, 0.5) is 5.69 Å². The summed E-state index contributed by atoms with van der Waals surface area (Å²) in [6.45, 7) is 3.47. The van der Waals surface area contributed by atoms with Crippen molar-refractivity contribution in [2.45, 2.75) is 44.6 Å². The number of imidazole rings is 1. The van der Waals surface area contributed by atoms with E-state index in [2.05, 4.69) is 33.7 Å². The third-order valence-corrected chi connectivity index (χ3v) is 7.37. The number of nitrogens with zero attached hydrogens (tertiary/aromatic N) is 3. The minimum atomic E-state index is -0.631. The summed E-state index contributed by atoms with van der Waals surface area (Å²) in [5, 5.41) is 6.46. The Balaban J connectivity index is 1.36. The number of rotatable bonds is 3. The molecule has 29 heavy (non-hydrogen) atoms. The molecular formula is C23H35N5O. The van der Waals surface area contributed by atoms with Crippen molar-refractivity contribution in [3.8, 4) is 0 Å². The molecule has 3 fully saturated rings. The fourth-order valence-electron chi connectivity index (χ4n) is 5.62. The van der Waals surface area contributed by atoms with Gasteiger partial charge in [0.2, 0.25) is 0 Å². The molecule has 3 atom stereocenters. The molecule has 5 rings (SSSR count). The first-order valence-corrected chi connectivity index (χ1v) is 11.3. The van der Waals surface area contributed by atoms with Crippen LogP contribution in [-0.2, 0) is 7.05 Å². The summed E-state index contributed by atoms with van der Waals surface area (Å²) in [6.07, 6.45) is 6.49. The van der Waals surface area contributed by atoms with E-state index in [-0.39, 0.29) is 11.7 Å². The molecule has 6 nitrogen and oxygen atoms in total. The predicted octanol–water partition coefficient (Wildman–Crippen LogP) is 2.48. The minimum Gasteiger partial charge on any atom is -0.371 e. The zero-order valence-electron chi connectivity index (χ0n) is 19.4. The van der Waals surface area contributed by atoms with Gasteiger partial charge in [-0.3, -0.25) is 9.13 Å². The Kier molecular flexibility index (Phi) is 4.76. The predicted molar refractivity (Wildman–Crippen MR) is 119 cm³/mol. The van der Waals surface area contributed by atoms with Gasteiger partial charge in [-0.15, -0.1) is 0 Å². The molecule has 4 heterocycles. The van der Waals surface area contributed by atoms with Crippen LogP contribution in [0.25, 0.3) is 11.0 Å². The van der Waals surface area contributed by atoms with Crippen molar-refractivity contribution < 1.29 is 2.74 Å². The van der Waals surface area contributed by atoms with Gasteiger partial charge in [-0.1, -0.05) is 0 Å². The molecule has 0 spiro atoms. The van der Waals surface area contributed by atoms with Gasteiger partial charge < -0.3 is 15.5 Å². The largest absolute Gasteiger partial charge is 0.371 e. The van der Waals surface area contributed by atoms with Gasteiger partial charge in [0.1, 0.15) is 0 Å². The van der Waals surface area contributed by atoms with E-state index in [1.165, 1.54) is 44.5 Å². The second-order valence-corrected chi connectivity index (χ2v) is 8.98. The fraction of sp³-hybridized carbons (Fsp3) is 0.696. The quantitative estimate of drug-likeness (QED) is 0.833. The number of fused-ring (bicyclic) bond motifs is 1. The second-order valence-electron chi connectivity index (χ2n) is 8.98. The molecule has 2 aromatic rings. The Bertz CT molecular complexity index is 974. The van der Waals surface area contributed by atoms with Crippen LogP contribution in [0.2, 0.25) is 0 Å². The molecule has 3 aliphatic heterocycles. The van der Waals surface area contributed by atoms with E-state index in [9.17, 15) is 4.79 Å². The molecule has 1 aromatic carbocycles. The third-order valence-electron chi connectivity index (χ3n) is 7.37. The Morgan fingerprint density at radius 3 is 2.52 bits per heavy atom. The van der Waals surface area contributed by atoms with Gasteiger partial charge in [0.05, 0.1) is 17.1 Å². The molecular weight excluding hydrogens is 362 g/mol. The van der Waals surface area contributed by atoms with Crippen molar-refractivity contribution >= 4 is 16.7 Å². The second kappa shape index (κ2) is 8.15. The van der Waals surface area contributed by atoms with E-state index in [1.807, 2.05) is 7.05 Å². The monoisotopic (exact) mass is 399 g/mol. The smallest absolute Gasteiger partial charge is 0.329 e. The van der Waals surface area contributed by atoms with Crippen molar-refractivity contribution in [1.82, 2.24) is 19.8 Å². The number of hydrogen-bond donors (Lipinski definition) is 2.